The fourth-order valence-corrected chi connectivity index (χ4v) is 19.8. The minimum atomic E-state index is -0.604. The molecule has 0 N–H and O–H groups in total. The van der Waals surface area contributed by atoms with Gasteiger partial charge in [-0.2, -0.15) is 0 Å². The molecule has 4 heterocycles. The van der Waals surface area contributed by atoms with Gasteiger partial charge in [0.2, 0.25) is 0 Å². The molecule has 4 aliphatic rings. The minimum absolute atomic E-state index is 0.187. The van der Waals surface area contributed by atoms with E-state index in [0.717, 1.165) is 47.1 Å². The van der Waals surface area contributed by atoms with Crippen molar-refractivity contribution in [2.45, 2.75) is 490 Å². The maximum Gasteiger partial charge on any atom is 0.345 e. The Kier molecular flexibility index (Phi) is 53.1. The summed E-state index contributed by atoms with van der Waals surface area (Å²) in [6, 6.07) is 17.2. The van der Waals surface area contributed by atoms with Gasteiger partial charge in [-0.3, -0.25) is 9.59 Å². The number of hydrogen-bond donors (Lipinski definition) is 0. The first-order chi connectivity index (χ1) is 56.7. The topological polar surface area (TPSA) is 93.2 Å². The highest BCUT2D eigenvalue weighted by Crippen LogP contribution is 2.52. The van der Waals surface area contributed by atoms with Crippen molar-refractivity contribution in [3.8, 4) is 11.5 Å². The Balaban J connectivity index is 0.934. The van der Waals surface area contributed by atoms with Crippen molar-refractivity contribution in [1.29, 1.82) is 0 Å². The first-order valence-electron chi connectivity index (χ1n) is 50.3. The van der Waals surface area contributed by atoms with Gasteiger partial charge in [0.1, 0.15) is 11.5 Å². The molecular formula is C106H171BrN2O6. The summed E-state index contributed by atoms with van der Waals surface area (Å²) in [6.07, 6.45) is 97.2. The molecule has 648 valence electrons. The van der Waals surface area contributed by atoms with E-state index >= 15 is 9.59 Å². The monoisotopic (exact) mass is 1650 g/mol. The number of rotatable bonds is 76. The molecule has 0 bridgehead atoms. The lowest BCUT2D eigenvalue weighted by molar-refractivity contribution is -0.127. The second-order valence-corrected chi connectivity index (χ2v) is 37.5. The van der Waals surface area contributed by atoms with Crippen LogP contribution < -0.4 is 19.3 Å². The quantitative estimate of drug-likeness (QED) is 0.0242. The van der Waals surface area contributed by atoms with E-state index in [1.165, 1.54) is 437 Å². The number of carbonyl (C=O) groups is 4. The third-order valence-corrected chi connectivity index (χ3v) is 27.2. The predicted molar refractivity (Wildman–Crippen MR) is 499 cm³/mol. The number of fused-ring (bicyclic) bond motifs is 4. The molecule has 8 nitrogen and oxygen atoms in total. The number of ether oxygens (including phenoxy) is 2. The highest BCUT2D eigenvalue weighted by molar-refractivity contribution is 9.10. The highest BCUT2D eigenvalue weighted by atomic mass is 79.9. The lowest BCUT2D eigenvalue weighted by Crippen LogP contribution is -2.28. The van der Waals surface area contributed by atoms with Crippen molar-refractivity contribution in [2.75, 3.05) is 22.9 Å². The number of nitrogens with zero attached hydrogens (tertiary/aromatic N) is 2. The molecule has 0 spiro atoms. The van der Waals surface area contributed by atoms with Crippen LogP contribution >= 0.6 is 15.9 Å². The molecule has 7 rings (SSSR count). The molecule has 0 aromatic heterocycles. The smallest absolute Gasteiger partial charge is 0.345 e. The number of esters is 2. The van der Waals surface area contributed by atoms with E-state index in [0.29, 0.717) is 52.8 Å². The van der Waals surface area contributed by atoms with Gasteiger partial charge in [-0.15, -0.1) is 0 Å². The van der Waals surface area contributed by atoms with Gasteiger partial charge in [0.25, 0.3) is 11.8 Å². The number of hydrogen-bond acceptors (Lipinski definition) is 6. The Labute approximate surface area is 715 Å². The number of para-hydroxylation sites is 1. The Morgan fingerprint density at radius 2 is 0.487 bits per heavy atom. The molecule has 0 unspecified atom stereocenters. The molecule has 3 aromatic carbocycles. The zero-order valence-corrected chi connectivity index (χ0v) is 76.5. The summed E-state index contributed by atoms with van der Waals surface area (Å²) in [7, 11) is 0. The normalized spacial score (nSPS) is 15.1. The SMILES string of the molecule is CCCCCCCCCCCCCCCCCCC(CCCCCCCCCCCCCCCCCC)CCCN1C(=O)/C(=C2/C(=O)Oc3cc4c(cc32)OC(=O)/C4=C2/C(=O)N(CCCC(CCCCCCCCCCCCCCCCCC)CCCCCCCCCCCCCCCCCC)c3cc(Br)ccc32)c2ccccc21. The van der Waals surface area contributed by atoms with Crippen LogP contribution in [0.25, 0.3) is 22.3 Å². The maximum absolute atomic E-state index is 15.2. The molecule has 115 heavy (non-hydrogen) atoms. The van der Waals surface area contributed by atoms with Gasteiger partial charge < -0.3 is 19.3 Å². The van der Waals surface area contributed by atoms with Crippen LogP contribution in [0.2, 0.25) is 0 Å². The maximum atomic E-state index is 15.2. The van der Waals surface area contributed by atoms with E-state index in [1.807, 2.05) is 52.3 Å². The van der Waals surface area contributed by atoms with Crippen LogP contribution in [0.15, 0.2) is 59.1 Å². The molecule has 0 saturated carbocycles. The largest absolute Gasteiger partial charge is 0.422 e. The third-order valence-electron chi connectivity index (χ3n) is 26.7. The summed E-state index contributed by atoms with van der Waals surface area (Å²) < 4.78 is 13.2. The van der Waals surface area contributed by atoms with Crippen LogP contribution in [0.1, 0.15) is 512 Å². The predicted octanol–water partition coefficient (Wildman–Crippen LogP) is 34.2. The van der Waals surface area contributed by atoms with Crippen molar-refractivity contribution < 1.29 is 28.7 Å². The molecule has 0 fully saturated rings. The molecular weight excluding hydrogens is 1480 g/mol. The fourth-order valence-electron chi connectivity index (χ4n) is 19.5. The van der Waals surface area contributed by atoms with Crippen molar-refractivity contribution in [3.05, 3.63) is 81.3 Å². The zero-order chi connectivity index (χ0) is 81.2. The first-order valence-corrected chi connectivity index (χ1v) is 51.1. The van der Waals surface area contributed by atoms with Gasteiger partial charge in [0.15, 0.2) is 0 Å². The third kappa shape index (κ3) is 37.6. The number of benzene rings is 3. The number of amides is 2. The Bertz CT molecular complexity index is 3110. The van der Waals surface area contributed by atoms with Gasteiger partial charge in [-0.25, -0.2) is 9.59 Å². The van der Waals surface area contributed by atoms with Gasteiger partial charge in [-0.05, 0) is 67.9 Å². The summed E-state index contributed by atoms with van der Waals surface area (Å²) in [5.74, 6) is 0.166. The van der Waals surface area contributed by atoms with Crippen LogP contribution in [-0.2, 0) is 19.2 Å². The molecule has 3 aromatic rings. The molecule has 0 aliphatic carbocycles. The Hall–Kier alpha value is -4.50. The van der Waals surface area contributed by atoms with E-state index in [-0.39, 0.29) is 34.5 Å². The fraction of sp³-hybridized carbons (Fsp3) is 0.755. The lowest BCUT2D eigenvalue weighted by atomic mass is 9.90. The van der Waals surface area contributed by atoms with E-state index in [1.54, 1.807) is 12.1 Å². The van der Waals surface area contributed by atoms with Crippen LogP contribution in [-0.4, -0.2) is 36.8 Å². The zero-order valence-electron chi connectivity index (χ0n) is 74.9. The Morgan fingerprint density at radius 3 is 0.765 bits per heavy atom. The van der Waals surface area contributed by atoms with Gasteiger partial charge in [0.05, 0.1) is 33.7 Å². The van der Waals surface area contributed by atoms with Crippen molar-refractivity contribution in [1.82, 2.24) is 0 Å². The van der Waals surface area contributed by atoms with E-state index in [4.69, 9.17) is 9.47 Å². The standard InChI is InChI=1S/C106H171BrN2O6/c1-5-9-13-17-21-25-29-33-37-41-45-49-53-57-61-65-73-88(74-66-62-58-54-50-46-42-38-34-30-26-22-18-14-10-6-2)77-71-83-108-95-80-70-69-79-91(95)99(103(108)110)101-93-86-98-94(87-97(93)114-105(101)112)102(106(113)115-98)100-92-82-81-90(107)85-96(92)109(104(100)111)84-72-78-89(75-67-63-59-55-51-47-43-39-35-31-27-23-19-15-11-7-3)76-68-64-60-56-52-48-44-40-36-32-28-24-20-16-12-8-4/h69-70,79-82,85-89H,5-68,71-78,83-84H2,1-4H3/b101-99+,102-100+. The summed E-state index contributed by atoms with van der Waals surface area (Å²) >= 11 is 3.74. The number of halogens is 1. The summed E-state index contributed by atoms with van der Waals surface area (Å²) in [5, 5.41) is 0. The van der Waals surface area contributed by atoms with Crippen molar-refractivity contribution in [2.24, 2.45) is 11.8 Å². The van der Waals surface area contributed by atoms with Gasteiger partial charge >= 0.3 is 11.9 Å². The average Bonchev–Trinajstić information content (AvgIpc) is 1.57. The number of carbonyl (C=O) groups excluding carboxylic acids is 4. The minimum Gasteiger partial charge on any atom is -0.422 e. The molecule has 0 radical (unpaired) electrons. The number of unbranched alkanes of at least 4 members (excludes halogenated alkanes) is 60. The van der Waals surface area contributed by atoms with E-state index < -0.39 is 11.9 Å². The number of anilines is 2. The van der Waals surface area contributed by atoms with Crippen LogP contribution in [0.5, 0.6) is 11.5 Å². The second kappa shape index (κ2) is 62.6. The Morgan fingerprint density at radius 1 is 0.252 bits per heavy atom. The van der Waals surface area contributed by atoms with Crippen LogP contribution in [0, 0.1) is 11.8 Å². The van der Waals surface area contributed by atoms with E-state index in [2.05, 4.69) is 43.6 Å². The van der Waals surface area contributed by atoms with Crippen molar-refractivity contribution >= 4 is 73.4 Å². The molecule has 4 aliphatic heterocycles. The average molecular weight is 1650 g/mol. The summed E-state index contributed by atoms with van der Waals surface area (Å²) in [4.78, 5) is 63.1. The summed E-state index contributed by atoms with van der Waals surface area (Å²) in [6.45, 7) is 10.3. The molecule has 9 heteroatoms. The van der Waals surface area contributed by atoms with E-state index in [9.17, 15) is 9.59 Å². The van der Waals surface area contributed by atoms with Crippen molar-refractivity contribution in [3.63, 3.8) is 0 Å². The molecule has 0 saturated heterocycles. The van der Waals surface area contributed by atoms with Crippen LogP contribution in [0.4, 0.5) is 11.4 Å². The lowest BCUT2D eigenvalue weighted by Gasteiger charge is -2.21. The second-order valence-electron chi connectivity index (χ2n) is 36.6. The first kappa shape index (κ1) is 97.6. The highest BCUT2D eigenvalue weighted by Gasteiger charge is 2.45. The van der Waals surface area contributed by atoms with Gasteiger partial charge in [0, 0.05) is 39.8 Å². The summed E-state index contributed by atoms with van der Waals surface area (Å²) in [5.41, 5.74) is 4.92. The van der Waals surface area contributed by atoms with Gasteiger partial charge in [-0.1, -0.05) is 505 Å². The van der Waals surface area contributed by atoms with Crippen LogP contribution in [0.3, 0.4) is 0 Å². The molecule has 0 atom stereocenters. The molecule has 2 amide bonds.